The maximum atomic E-state index is 11.5. The van der Waals surface area contributed by atoms with E-state index in [-0.39, 0.29) is 12.2 Å². The molecule has 0 aliphatic carbocycles. The predicted octanol–water partition coefficient (Wildman–Crippen LogP) is 1.68. The van der Waals surface area contributed by atoms with Crippen molar-refractivity contribution in [2.45, 2.75) is 6.92 Å². The lowest BCUT2D eigenvalue weighted by atomic mass is 10.1. The molecule has 15 heavy (non-hydrogen) atoms. The number of ether oxygens (including phenoxy) is 2. The van der Waals surface area contributed by atoms with Gasteiger partial charge in [0.05, 0.1) is 13.7 Å². The molecule has 0 aliphatic rings. The lowest BCUT2D eigenvalue weighted by molar-refractivity contribution is 0.0522. The molecule has 0 saturated heterocycles. The maximum absolute atomic E-state index is 11.5. The van der Waals surface area contributed by atoms with E-state index in [1.807, 2.05) is 0 Å². The molecule has 1 aromatic rings. The first-order valence-electron chi connectivity index (χ1n) is 4.53. The molecule has 0 unspecified atom stereocenters. The molecule has 1 rings (SSSR count). The van der Waals surface area contributed by atoms with Crippen LogP contribution in [0.5, 0.6) is 5.75 Å². The Morgan fingerprint density at radius 2 is 2.20 bits per heavy atom. The van der Waals surface area contributed by atoms with Crippen molar-refractivity contribution in [3.05, 3.63) is 29.3 Å². The van der Waals surface area contributed by atoms with Crippen LogP contribution in [-0.2, 0) is 4.74 Å². The van der Waals surface area contributed by atoms with Gasteiger partial charge in [-0.15, -0.1) is 0 Å². The summed E-state index contributed by atoms with van der Waals surface area (Å²) in [4.78, 5) is 22.0. The quantitative estimate of drug-likeness (QED) is 0.558. The van der Waals surface area contributed by atoms with Crippen LogP contribution in [0.3, 0.4) is 0 Å². The Hall–Kier alpha value is -1.84. The molecule has 0 spiro atoms. The highest BCUT2D eigenvalue weighted by Crippen LogP contribution is 2.20. The summed E-state index contributed by atoms with van der Waals surface area (Å²) in [5.41, 5.74) is 0.683. The van der Waals surface area contributed by atoms with E-state index in [1.165, 1.54) is 13.2 Å². The molecular weight excluding hydrogens is 196 g/mol. The van der Waals surface area contributed by atoms with E-state index < -0.39 is 5.97 Å². The second kappa shape index (κ2) is 5.14. The van der Waals surface area contributed by atoms with Crippen LogP contribution in [0.2, 0.25) is 0 Å². The van der Waals surface area contributed by atoms with Crippen LogP contribution in [0.25, 0.3) is 0 Å². The molecule has 4 nitrogen and oxygen atoms in total. The Morgan fingerprint density at radius 3 is 2.73 bits per heavy atom. The Kier molecular flexibility index (Phi) is 3.85. The summed E-state index contributed by atoms with van der Waals surface area (Å²) in [6, 6.07) is 4.59. The molecule has 1 aromatic carbocycles. The SMILES string of the molecule is CCOC(=O)c1cc(C=O)ccc1OC. The summed E-state index contributed by atoms with van der Waals surface area (Å²) in [5.74, 6) is -0.0860. The molecule has 0 atom stereocenters. The number of aldehydes is 1. The van der Waals surface area contributed by atoms with E-state index in [0.29, 0.717) is 17.6 Å². The normalized spacial score (nSPS) is 9.47. The van der Waals surface area contributed by atoms with Crippen molar-refractivity contribution in [3.8, 4) is 5.75 Å². The fraction of sp³-hybridized carbons (Fsp3) is 0.273. The molecule has 0 fully saturated rings. The zero-order valence-corrected chi connectivity index (χ0v) is 8.65. The van der Waals surface area contributed by atoms with Crippen molar-refractivity contribution >= 4 is 12.3 Å². The van der Waals surface area contributed by atoms with Crippen molar-refractivity contribution < 1.29 is 19.1 Å². The Balaban J connectivity index is 3.11. The largest absolute Gasteiger partial charge is 0.496 e. The number of hydrogen-bond acceptors (Lipinski definition) is 4. The number of benzene rings is 1. The second-order valence-electron chi connectivity index (χ2n) is 2.80. The molecule has 80 valence electrons. The lowest BCUT2D eigenvalue weighted by Gasteiger charge is -2.07. The first-order valence-corrected chi connectivity index (χ1v) is 4.53. The van der Waals surface area contributed by atoms with E-state index in [2.05, 4.69) is 0 Å². The summed E-state index contributed by atoms with van der Waals surface area (Å²) in [6.07, 6.45) is 0.669. The molecule has 0 amide bonds. The van der Waals surface area contributed by atoms with Gasteiger partial charge in [-0.25, -0.2) is 4.79 Å². The third kappa shape index (κ3) is 2.56. The number of carbonyl (C=O) groups is 2. The van der Waals surface area contributed by atoms with E-state index in [9.17, 15) is 9.59 Å². The van der Waals surface area contributed by atoms with E-state index >= 15 is 0 Å². The third-order valence-electron chi connectivity index (χ3n) is 1.85. The van der Waals surface area contributed by atoms with Crippen molar-refractivity contribution in [3.63, 3.8) is 0 Å². The predicted molar refractivity (Wildman–Crippen MR) is 54.3 cm³/mol. The van der Waals surface area contributed by atoms with Gasteiger partial charge in [0, 0.05) is 5.56 Å². The monoisotopic (exact) mass is 208 g/mol. The van der Waals surface area contributed by atoms with Gasteiger partial charge in [-0.3, -0.25) is 4.79 Å². The summed E-state index contributed by atoms with van der Waals surface area (Å²) in [7, 11) is 1.46. The number of carbonyl (C=O) groups excluding carboxylic acids is 2. The molecule has 0 N–H and O–H groups in total. The summed E-state index contributed by atoms with van der Waals surface area (Å²) >= 11 is 0. The molecular formula is C11H12O4. The lowest BCUT2D eigenvalue weighted by Crippen LogP contribution is -2.07. The Labute approximate surface area is 87.8 Å². The highest BCUT2D eigenvalue weighted by molar-refractivity contribution is 5.94. The molecule has 0 aromatic heterocycles. The minimum absolute atomic E-state index is 0.268. The Bertz CT molecular complexity index is 371. The first kappa shape index (κ1) is 11.2. The second-order valence-corrected chi connectivity index (χ2v) is 2.80. The average molecular weight is 208 g/mol. The van der Waals surface area contributed by atoms with Gasteiger partial charge in [-0.05, 0) is 25.1 Å². The van der Waals surface area contributed by atoms with Crippen LogP contribution in [0.4, 0.5) is 0 Å². The standard InChI is InChI=1S/C11H12O4/c1-3-15-11(13)9-6-8(7-12)4-5-10(9)14-2/h4-7H,3H2,1-2H3. The summed E-state index contributed by atoms with van der Waals surface area (Å²) < 4.78 is 9.83. The summed E-state index contributed by atoms with van der Waals surface area (Å²) in [5, 5.41) is 0. The highest BCUT2D eigenvalue weighted by atomic mass is 16.5. The van der Waals surface area contributed by atoms with Crippen LogP contribution in [0.15, 0.2) is 18.2 Å². The van der Waals surface area contributed by atoms with Gasteiger partial charge >= 0.3 is 5.97 Å². The Morgan fingerprint density at radius 1 is 1.47 bits per heavy atom. The van der Waals surface area contributed by atoms with Crippen LogP contribution in [0, 0.1) is 0 Å². The molecule has 0 aliphatic heterocycles. The molecule has 0 saturated carbocycles. The van der Waals surface area contributed by atoms with Crippen LogP contribution >= 0.6 is 0 Å². The zero-order chi connectivity index (χ0) is 11.3. The number of rotatable bonds is 4. The van der Waals surface area contributed by atoms with Crippen molar-refractivity contribution in [2.75, 3.05) is 13.7 Å². The zero-order valence-electron chi connectivity index (χ0n) is 8.65. The van der Waals surface area contributed by atoms with E-state index in [4.69, 9.17) is 9.47 Å². The van der Waals surface area contributed by atoms with Crippen molar-refractivity contribution in [1.29, 1.82) is 0 Å². The minimum Gasteiger partial charge on any atom is -0.496 e. The van der Waals surface area contributed by atoms with E-state index in [1.54, 1.807) is 19.1 Å². The van der Waals surface area contributed by atoms with Crippen LogP contribution in [-0.4, -0.2) is 26.0 Å². The number of hydrogen-bond donors (Lipinski definition) is 0. The molecule has 4 heteroatoms. The van der Waals surface area contributed by atoms with Gasteiger partial charge in [0.1, 0.15) is 17.6 Å². The third-order valence-corrected chi connectivity index (χ3v) is 1.85. The van der Waals surface area contributed by atoms with Crippen LogP contribution in [0.1, 0.15) is 27.6 Å². The number of esters is 1. The molecule has 0 heterocycles. The molecule has 0 bridgehead atoms. The topological polar surface area (TPSA) is 52.6 Å². The van der Waals surface area contributed by atoms with Crippen molar-refractivity contribution in [2.24, 2.45) is 0 Å². The highest BCUT2D eigenvalue weighted by Gasteiger charge is 2.13. The first-order chi connectivity index (χ1) is 7.22. The fourth-order valence-corrected chi connectivity index (χ4v) is 1.17. The average Bonchev–Trinajstić information content (AvgIpc) is 2.28. The maximum Gasteiger partial charge on any atom is 0.341 e. The molecule has 0 radical (unpaired) electrons. The van der Waals surface area contributed by atoms with Crippen molar-refractivity contribution in [1.82, 2.24) is 0 Å². The van der Waals surface area contributed by atoms with Gasteiger partial charge < -0.3 is 9.47 Å². The van der Waals surface area contributed by atoms with E-state index in [0.717, 1.165) is 0 Å². The minimum atomic E-state index is -0.488. The van der Waals surface area contributed by atoms with Crippen LogP contribution < -0.4 is 4.74 Å². The van der Waals surface area contributed by atoms with Gasteiger partial charge in [0.2, 0.25) is 0 Å². The smallest absolute Gasteiger partial charge is 0.341 e. The van der Waals surface area contributed by atoms with Gasteiger partial charge in [-0.2, -0.15) is 0 Å². The van der Waals surface area contributed by atoms with Gasteiger partial charge in [-0.1, -0.05) is 0 Å². The van der Waals surface area contributed by atoms with Gasteiger partial charge in [0.15, 0.2) is 0 Å². The number of methoxy groups -OCH3 is 1. The summed E-state index contributed by atoms with van der Waals surface area (Å²) in [6.45, 7) is 2.00. The van der Waals surface area contributed by atoms with Gasteiger partial charge in [0.25, 0.3) is 0 Å². The fourth-order valence-electron chi connectivity index (χ4n) is 1.17.